The van der Waals surface area contributed by atoms with Gasteiger partial charge in [0, 0.05) is 6.42 Å². The van der Waals surface area contributed by atoms with E-state index >= 15 is 0 Å². The van der Waals surface area contributed by atoms with Gasteiger partial charge in [-0.25, -0.2) is 9.59 Å². The van der Waals surface area contributed by atoms with Crippen LogP contribution >= 0.6 is 0 Å². The molecule has 0 aromatic carbocycles. The Morgan fingerprint density at radius 3 is 2.50 bits per heavy atom. The fraction of sp³-hybridized carbons (Fsp3) is 0.778. The second-order valence-corrected chi connectivity index (χ2v) is 4.36. The summed E-state index contributed by atoms with van der Waals surface area (Å²) in [5, 5.41) is 0. The third-order valence-corrected chi connectivity index (χ3v) is 1.86. The molecule has 0 unspecified atom stereocenters. The van der Waals surface area contributed by atoms with E-state index in [0.717, 1.165) is 0 Å². The SMILES string of the molecule is CC(C)(C)OC(=O)[C@@]1(N)CCOC1=O. The van der Waals surface area contributed by atoms with Crippen LogP contribution in [0.3, 0.4) is 0 Å². The highest BCUT2D eigenvalue weighted by molar-refractivity contribution is 6.05. The minimum absolute atomic E-state index is 0.175. The Kier molecular flexibility index (Phi) is 2.54. The Morgan fingerprint density at radius 2 is 2.14 bits per heavy atom. The highest BCUT2D eigenvalue weighted by atomic mass is 16.6. The molecule has 0 saturated carbocycles. The van der Waals surface area contributed by atoms with Crippen molar-refractivity contribution in [2.75, 3.05) is 6.61 Å². The molecule has 0 spiro atoms. The summed E-state index contributed by atoms with van der Waals surface area (Å²) in [6.07, 6.45) is 0.181. The van der Waals surface area contributed by atoms with E-state index in [2.05, 4.69) is 4.74 Å². The average molecular weight is 201 g/mol. The molecule has 0 aromatic heterocycles. The van der Waals surface area contributed by atoms with Gasteiger partial charge in [0.15, 0.2) is 0 Å². The van der Waals surface area contributed by atoms with Gasteiger partial charge >= 0.3 is 11.9 Å². The monoisotopic (exact) mass is 201 g/mol. The molecule has 1 rings (SSSR count). The van der Waals surface area contributed by atoms with Gasteiger partial charge in [0.2, 0.25) is 5.54 Å². The fourth-order valence-electron chi connectivity index (χ4n) is 1.09. The number of ether oxygens (including phenoxy) is 2. The van der Waals surface area contributed by atoms with Gasteiger partial charge in [0.25, 0.3) is 0 Å². The number of cyclic esters (lactones) is 1. The molecule has 80 valence electrons. The van der Waals surface area contributed by atoms with Gasteiger partial charge in [-0.3, -0.25) is 0 Å². The zero-order valence-electron chi connectivity index (χ0n) is 8.62. The minimum atomic E-state index is -1.60. The van der Waals surface area contributed by atoms with E-state index in [1.54, 1.807) is 20.8 Å². The number of rotatable bonds is 1. The lowest BCUT2D eigenvalue weighted by Crippen LogP contribution is -2.54. The highest BCUT2D eigenvalue weighted by Gasteiger charge is 2.50. The van der Waals surface area contributed by atoms with Crippen molar-refractivity contribution in [1.82, 2.24) is 0 Å². The van der Waals surface area contributed by atoms with Crippen LogP contribution in [-0.2, 0) is 19.1 Å². The van der Waals surface area contributed by atoms with Crippen LogP contribution in [0.2, 0.25) is 0 Å². The molecular formula is C9H15NO4. The normalized spacial score (nSPS) is 27.3. The van der Waals surface area contributed by atoms with E-state index < -0.39 is 23.1 Å². The first kappa shape index (κ1) is 11.0. The lowest BCUT2D eigenvalue weighted by molar-refractivity contribution is -0.166. The molecule has 0 aliphatic carbocycles. The second kappa shape index (κ2) is 3.24. The summed E-state index contributed by atoms with van der Waals surface area (Å²) in [5.74, 6) is -1.42. The van der Waals surface area contributed by atoms with Crippen molar-refractivity contribution < 1.29 is 19.1 Å². The second-order valence-electron chi connectivity index (χ2n) is 4.36. The van der Waals surface area contributed by atoms with Crippen molar-refractivity contribution in [3.63, 3.8) is 0 Å². The van der Waals surface area contributed by atoms with Gasteiger partial charge in [-0.15, -0.1) is 0 Å². The standard InChI is InChI=1S/C9H15NO4/c1-8(2,3)14-7(12)9(10)4-5-13-6(9)11/h4-5,10H2,1-3H3/t9-/m1/s1. The Morgan fingerprint density at radius 1 is 1.57 bits per heavy atom. The number of carbonyl (C=O) groups excluding carboxylic acids is 2. The Labute approximate surface area is 82.5 Å². The number of hydrogen-bond acceptors (Lipinski definition) is 5. The van der Waals surface area contributed by atoms with Crippen LogP contribution in [0.5, 0.6) is 0 Å². The molecule has 1 fully saturated rings. The van der Waals surface area contributed by atoms with Crippen LogP contribution in [0, 0.1) is 0 Å². The van der Waals surface area contributed by atoms with Crippen LogP contribution in [0.25, 0.3) is 0 Å². The largest absolute Gasteiger partial charge is 0.464 e. The molecule has 5 heteroatoms. The molecule has 0 amide bonds. The first-order valence-electron chi connectivity index (χ1n) is 4.45. The van der Waals surface area contributed by atoms with Gasteiger partial charge in [0.1, 0.15) is 5.60 Å². The van der Waals surface area contributed by atoms with Crippen LogP contribution in [0.4, 0.5) is 0 Å². The van der Waals surface area contributed by atoms with Crippen molar-refractivity contribution in [3.05, 3.63) is 0 Å². The number of nitrogens with two attached hydrogens (primary N) is 1. The Hall–Kier alpha value is -1.10. The van der Waals surface area contributed by atoms with E-state index in [1.807, 2.05) is 0 Å². The van der Waals surface area contributed by atoms with Crippen LogP contribution < -0.4 is 5.73 Å². The summed E-state index contributed by atoms with van der Waals surface area (Å²) < 4.78 is 9.67. The van der Waals surface area contributed by atoms with E-state index in [9.17, 15) is 9.59 Å². The molecule has 14 heavy (non-hydrogen) atoms. The van der Waals surface area contributed by atoms with Gasteiger partial charge in [-0.2, -0.15) is 0 Å². The zero-order valence-corrected chi connectivity index (χ0v) is 8.62. The minimum Gasteiger partial charge on any atom is -0.464 e. The predicted octanol–water partition coefficient (Wildman–Crippen LogP) is -0.0275. The van der Waals surface area contributed by atoms with Crippen molar-refractivity contribution in [1.29, 1.82) is 0 Å². The van der Waals surface area contributed by atoms with E-state index in [0.29, 0.717) is 0 Å². The van der Waals surface area contributed by atoms with Crippen molar-refractivity contribution in [3.8, 4) is 0 Å². The van der Waals surface area contributed by atoms with Gasteiger partial charge in [-0.05, 0) is 20.8 Å². The van der Waals surface area contributed by atoms with Crippen LogP contribution in [0.15, 0.2) is 0 Å². The third-order valence-electron chi connectivity index (χ3n) is 1.86. The third kappa shape index (κ3) is 2.04. The Balaban J connectivity index is 2.74. The molecule has 1 aliphatic rings. The maximum atomic E-state index is 11.5. The van der Waals surface area contributed by atoms with Crippen LogP contribution in [-0.4, -0.2) is 29.7 Å². The van der Waals surface area contributed by atoms with Gasteiger partial charge in [0.05, 0.1) is 6.61 Å². The summed E-state index contributed by atoms with van der Waals surface area (Å²) in [6, 6.07) is 0. The van der Waals surface area contributed by atoms with Gasteiger partial charge < -0.3 is 15.2 Å². The fourth-order valence-corrected chi connectivity index (χ4v) is 1.09. The maximum absolute atomic E-state index is 11.5. The quantitative estimate of drug-likeness (QED) is 0.476. The van der Waals surface area contributed by atoms with Crippen LogP contribution in [0.1, 0.15) is 27.2 Å². The molecule has 2 N–H and O–H groups in total. The number of hydrogen-bond donors (Lipinski definition) is 1. The Bertz CT molecular complexity index is 268. The predicted molar refractivity (Wildman–Crippen MR) is 48.3 cm³/mol. The number of carbonyl (C=O) groups is 2. The molecule has 5 nitrogen and oxygen atoms in total. The van der Waals surface area contributed by atoms with Crippen molar-refractivity contribution >= 4 is 11.9 Å². The summed E-state index contributed by atoms with van der Waals surface area (Å²) >= 11 is 0. The molecular weight excluding hydrogens is 186 g/mol. The lowest BCUT2D eigenvalue weighted by Gasteiger charge is -2.25. The van der Waals surface area contributed by atoms with Gasteiger partial charge in [-0.1, -0.05) is 0 Å². The van der Waals surface area contributed by atoms with E-state index in [-0.39, 0.29) is 13.0 Å². The summed E-state index contributed by atoms with van der Waals surface area (Å²) in [7, 11) is 0. The maximum Gasteiger partial charge on any atom is 0.338 e. The van der Waals surface area contributed by atoms with E-state index in [1.165, 1.54) is 0 Å². The first-order chi connectivity index (χ1) is 6.26. The number of esters is 2. The molecule has 1 heterocycles. The molecule has 0 aromatic rings. The van der Waals surface area contributed by atoms with E-state index in [4.69, 9.17) is 10.5 Å². The lowest BCUT2D eigenvalue weighted by atomic mass is 9.99. The molecule has 0 bridgehead atoms. The smallest absolute Gasteiger partial charge is 0.338 e. The van der Waals surface area contributed by atoms with Crippen molar-refractivity contribution in [2.45, 2.75) is 38.3 Å². The first-order valence-corrected chi connectivity index (χ1v) is 4.45. The molecule has 0 radical (unpaired) electrons. The zero-order chi connectivity index (χ0) is 11.0. The average Bonchev–Trinajstić information content (AvgIpc) is 2.30. The molecule has 1 atom stereocenters. The molecule has 1 aliphatic heterocycles. The summed E-state index contributed by atoms with van der Waals surface area (Å²) in [6.45, 7) is 5.33. The van der Waals surface area contributed by atoms with Crippen molar-refractivity contribution in [2.24, 2.45) is 5.73 Å². The molecule has 1 saturated heterocycles. The highest BCUT2D eigenvalue weighted by Crippen LogP contribution is 2.21. The topological polar surface area (TPSA) is 78.6 Å². The summed E-state index contributed by atoms with van der Waals surface area (Å²) in [5.41, 5.74) is 3.35. The summed E-state index contributed by atoms with van der Waals surface area (Å²) in [4.78, 5) is 22.7.